The van der Waals surface area contributed by atoms with Crippen LogP contribution in [0, 0.1) is 0 Å². The summed E-state index contributed by atoms with van der Waals surface area (Å²) in [5, 5.41) is 2.84. The van der Waals surface area contributed by atoms with E-state index >= 15 is 0 Å². The van der Waals surface area contributed by atoms with E-state index < -0.39 is 0 Å². The van der Waals surface area contributed by atoms with Crippen LogP contribution in [0.5, 0.6) is 0 Å². The van der Waals surface area contributed by atoms with Gasteiger partial charge in [0.05, 0.1) is 15.9 Å². The molecule has 1 N–H and O–H groups in total. The van der Waals surface area contributed by atoms with Crippen molar-refractivity contribution in [3.8, 4) is 0 Å². The summed E-state index contributed by atoms with van der Waals surface area (Å²) in [6.07, 6.45) is 8.95. The number of amides is 2. The molecule has 0 bridgehead atoms. The molecule has 22 heavy (non-hydrogen) atoms. The van der Waals surface area contributed by atoms with Gasteiger partial charge in [-0.15, -0.1) is 11.8 Å². The summed E-state index contributed by atoms with van der Waals surface area (Å²) in [7, 11) is 0. The van der Waals surface area contributed by atoms with Crippen molar-refractivity contribution < 1.29 is 9.59 Å². The van der Waals surface area contributed by atoms with Crippen molar-refractivity contribution in [3.05, 3.63) is 35.3 Å². The van der Waals surface area contributed by atoms with E-state index in [0.29, 0.717) is 11.4 Å². The average Bonchev–Trinajstić information content (AvgIpc) is 2.52. The molecule has 0 saturated heterocycles. The van der Waals surface area contributed by atoms with Crippen molar-refractivity contribution in [2.75, 3.05) is 26.2 Å². The molecule has 0 fully saturated rings. The van der Waals surface area contributed by atoms with Crippen LogP contribution in [-0.4, -0.2) is 53.9 Å². The van der Waals surface area contributed by atoms with Gasteiger partial charge in [-0.2, -0.15) is 0 Å². The lowest BCUT2D eigenvalue weighted by Crippen LogP contribution is -2.34. The molecule has 0 aromatic heterocycles. The summed E-state index contributed by atoms with van der Waals surface area (Å²) >= 11 is 1.37. The average molecular weight is 319 g/mol. The minimum Gasteiger partial charge on any atom is -0.351 e. The van der Waals surface area contributed by atoms with Crippen molar-refractivity contribution in [2.45, 2.75) is 19.1 Å². The number of hydrogen-bond acceptors (Lipinski definition) is 4. The van der Waals surface area contributed by atoms with Crippen LogP contribution in [0.3, 0.4) is 0 Å². The van der Waals surface area contributed by atoms with Crippen LogP contribution >= 0.6 is 11.8 Å². The Morgan fingerprint density at radius 3 is 2.91 bits per heavy atom. The SMILES string of the molecule is CCN(CC)CCNC(=O)/C=C1\SC2C=CC=CC2=NC1=O. The molecule has 0 aromatic carbocycles. The van der Waals surface area contributed by atoms with Crippen LogP contribution in [0.4, 0.5) is 0 Å². The number of carbonyl (C=O) groups is 2. The maximum Gasteiger partial charge on any atom is 0.283 e. The first kappa shape index (κ1) is 16.7. The van der Waals surface area contributed by atoms with Crippen molar-refractivity contribution >= 4 is 29.3 Å². The fourth-order valence-corrected chi connectivity index (χ4v) is 3.23. The fourth-order valence-electron chi connectivity index (χ4n) is 2.22. The van der Waals surface area contributed by atoms with Crippen molar-refractivity contribution in [2.24, 2.45) is 4.99 Å². The van der Waals surface area contributed by atoms with Crippen molar-refractivity contribution in [1.29, 1.82) is 0 Å². The molecular formula is C16H21N3O2S. The zero-order valence-electron chi connectivity index (χ0n) is 12.9. The van der Waals surface area contributed by atoms with E-state index in [9.17, 15) is 9.59 Å². The first-order valence-corrected chi connectivity index (χ1v) is 8.38. The summed E-state index contributed by atoms with van der Waals surface area (Å²) in [5.74, 6) is -0.577. The Morgan fingerprint density at radius 2 is 2.18 bits per heavy atom. The zero-order valence-corrected chi connectivity index (χ0v) is 13.7. The number of allylic oxidation sites excluding steroid dienone is 3. The maximum atomic E-state index is 11.9. The van der Waals surface area contributed by atoms with Gasteiger partial charge in [-0.1, -0.05) is 32.1 Å². The number of fused-ring (bicyclic) bond motifs is 1. The van der Waals surface area contributed by atoms with E-state index in [1.165, 1.54) is 17.8 Å². The summed E-state index contributed by atoms with van der Waals surface area (Å²) < 4.78 is 0. The monoisotopic (exact) mass is 319 g/mol. The minimum absolute atomic E-state index is 0.0254. The highest BCUT2D eigenvalue weighted by Crippen LogP contribution is 2.31. The Balaban J connectivity index is 1.91. The van der Waals surface area contributed by atoms with Gasteiger partial charge in [0.25, 0.3) is 5.91 Å². The van der Waals surface area contributed by atoms with Crippen molar-refractivity contribution in [3.63, 3.8) is 0 Å². The molecule has 0 saturated carbocycles. The maximum absolute atomic E-state index is 11.9. The number of nitrogens with zero attached hydrogens (tertiary/aromatic N) is 2. The lowest BCUT2D eigenvalue weighted by atomic mass is 10.1. The largest absolute Gasteiger partial charge is 0.351 e. The third-order valence-corrected chi connectivity index (χ3v) is 4.73. The highest BCUT2D eigenvalue weighted by Gasteiger charge is 2.26. The van der Waals surface area contributed by atoms with E-state index in [-0.39, 0.29) is 17.1 Å². The van der Waals surface area contributed by atoms with Gasteiger partial charge in [-0.25, -0.2) is 4.99 Å². The third-order valence-electron chi connectivity index (χ3n) is 3.53. The van der Waals surface area contributed by atoms with Gasteiger partial charge in [0.1, 0.15) is 0 Å². The smallest absolute Gasteiger partial charge is 0.283 e. The van der Waals surface area contributed by atoms with Crippen LogP contribution in [-0.2, 0) is 9.59 Å². The molecule has 6 heteroatoms. The third kappa shape index (κ3) is 4.42. The summed E-state index contributed by atoms with van der Waals surface area (Å²) in [6.45, 7) is 7.48. The highest BCUT2D eigenvalue weighted by molar-refractivity contribution is 8.05. The zero-order chi connectivity index (χ0) is 15.9. The Bertz CT molecular complexity index is 560. The molecule has 2 amide bonds. The number of thioether (sulfide) groups is 1. The second-order valence-corrected chi connectivity index (χ2v) is 6.13. The van der Waals surface area contributed by atoms with Gasteiger partial charge in [0, 0.05) is 19.2 Å². The van der Waals surface area contributed by atoms with Crippen LogP contribution in [0.15, 0.2) is 40.3 Å². The molecule has 1 aliphatic heterocycles. The molecule has 118 valence electrons. The first-order valence-electron chi connectivity index (χ1n) is 7.50. The molecule has 2 rings (SSSR count). The molecule has 2 aliphatic rings. The number of likely N-dealkylation sites (N-methyl/N-ethyl adjacent to an activating group) is 1. The number of hydrogen-bond donors (Lipinski definition) is 1. The highest BCUT2D eigenvalue weighted by atomic mass is 32.2. The normalized spacial score (nSPS) is 22.0. The molecule has 1 heterocycles. The number of rotatable bonds is 6. The lowest BCUT2D eigenvalue weighted by Gasteiger charge is -2.20. The standard InChI is InChI=1S/C16H21N3O2S/c1-3-19(4-2)10-9-17-15(20)11-14-16(21)18-12-7-5-6-8-13(12)22-14/h5-8,11,13H,3-4,9-10H2,1-2H3,(H,17,20)/b14-11-. The first-order chi connectivity index (χ1) is 10.6. The number of carbonyl (C=O) groups excluding carboxylic acids is 2. The predicted octanol–water partition coefficient (Wildman–Crippen LogP) is 1.54. The van der Waals surface area contributed by atoms with Gasteiger partial charge in [-0.05, 0) is 19.2 Å². The number of aliphatic imine (C=N–C) groups is 1. The second kappa shape index (κ2) is 8.10. The molecule has 1 atom stereocenters. The summed E-state index contributed by atoms with van der Waals surface area (Å²) in [5.41, 5.74) is 0.747. The second-order valence-electron chi connectivity index (χ2n) is 4.95. The molecule has 5 nitrogen and oxygen atoms in total. The Hall–Kier alpha value is -1.66. The van der Waals surface area contributed by atoms with Crippen LogP contribution in [0.1, 0.15) is 13.8 Å². The van der Waals surface area contributed by atoms with Gasteiger partial charge >= 0.3 is 0 Å². The topological polar surface area (TPSA) is 61.8 Å². The molecule has 0 radical (unpaired) electrons. The van der Waals surface area contributed by atoms with E-state index in [4.69, 9.17) is 0 Å². The van der Waals surface area contributed by atoms with Crippen LogP contribution < -0.4 is 5.32 Å². The van der Waals surface area contributed by atoms with E-state index in [2.05, 4.69) is 29.1 Å². The van der Waals surface area contributed by atoms with Gasteiger partial charge in [-0.3, -0.25) is 9.59 Å². The number of nitrogens with one attached hydrogen (secondary N) is 1. The molecular weight excluding hydrogens is 298 g/mol. The quantitative estimate of drug-likeness (QED) is 0.754. The molecule has 1 aliphatic carbocycles. The van der Waals surface area contributed by atoms with Crippen LogP contribution in [0.2, 0.25) is 0 Å². The molecule has 0 aromatic rings. The minimum atomic E-state index is -0.338. The Labute approximate surface area is 135 Å². The lowest BCUT2D eigenvalue weighted by molar-refractivity contribution is -0.117. The molecule has 0 spiro atoms. The van der Waals surface area contributed by atoms with Crippen molar-refractivity contribution in [1.82, 2.24) is 10.2 Å². The van der Waals surface area contributed by atoms with Crippen LogP contribution in [0.25, 0.3) is 0 Å². The van der Waals surface area contributed by atoms with Gasteiger partial charge < -0.3 is 10.2 Å². The van der Waals surface area contributed by atoms with E-state index in [0.717, 1.165) is 25.3 Å². The van der Waals surface area contributed by atoms with Gasteiger partial charge in [0.15, 0.2) is 0 Å². The fraction of sp³-hybridized carbons (Fsp3) is 0.438. The summed E-state index contributed by atoms with van der Waals surface area (Å²) in [4.78, 5) is 30.5. The van der Waals surface area contributed by atoms with E-state index in [1.54, 1.807) is 0 Å². The summed E-state index contributed by atoms with van der Waals surface area (Å²) in [6, 6.07) is 0. The van der Waals surface area contributed by atoms with E-state index in [1.807, 2.05) is 24.3 Å². The molecule has 1 unspecified atom stereocenters. The Kier molecular flexibility index (Phi) is 6.15. The predicted molar refractivity (Wildman–Crippen MR) is 91.0 cm³/mol. The Morgan fingerprint density at radius 1 is 1.41 bits per heavy atom. The van der Waals surface area contributed by atoms with Gasteiger partial charge in [0.2, 0.25) is 5.91 Å².